The summed E-state index contributed by atoms with van der Waals surface area (Å²) >= 11 is 0. The van der Waals surface area contributed by atoms with Crippen molar-refractivity contribution in [3.8, 4) is 11.5 Å². The predicted molar refractivity (Wildman–Crippen MR) is 92.5 cm³/mol. The lowest BCUT2D eigenvalue weighted by atomic mass is 10.1. The summed E-state index contributed by atoms with van der Waals surface area (Å²) in [5, 5.41) is 20.9. The van der Waals surface area contributed by atoms with Crippen LogP contribution >= 0.6 is 0 Å². The first-order chi connectivity index (χ1) is 11.6. The van der Waals surface area contributed by atoms with Crippen LogP contribution in [0.2, 0.25) is 0 Å². The summed E-state index contributed by atoms with van der Waals surface area (Å²) in [6.07, 6.45) is 2.80. The van der Waals surface area contributed by atoms with Crippen molar-refractivity contribution in [1.82, 2.24) is 0 Å². The molecule has 3 rings (SSSR count). The third-order valence-electron chi connectivity index (χ3n) is 3.61. The Labute approximate surface area is 139 Å². The average Bonchev–Trinajstić information content (AvgIpc) is 2.60. The summed E-state index contributed by atoms with van der Waals surface area (Å²) in [4.78, 5) is 11.8. The molecule has 0 aliphatic heterocycles. The average molecular weight is 320 g/mol. The summed E-state index contributed by atoms with van der Waals surface area (Å²) in [6, 6.07) is 18.2. The monoisotopic (exact) mass is 320 g/mol. The van der Waals surface area contributed by atoms with Crippen LogP contribution in [-0.4, -0.2) is 16.2 Å². The van der Waals surface area contributed by atoms with Crippen LogP contribution in [0.4, 0.5) is 0 Å². The Kier molecular flexibility index (Phi) is 4.47. The largest absolute Gasteiger partial charge is 0.504 e. The Morgan fingerprint density at radius 2 is 1.71 bits per heavy atom. The van der Waals surface area contributed by atoms with E-state index < -0.39 is 5.97 Å². The maximum atomic E-state index is 11.8. The SMILES string of the molecule is O=C(C=Cc1ccc(O)c(O)c1)OCc1ccc2ccccc2c1. The second kappa shape index (κ2) is 6.87. The van der Waals surface area contributed by atoms with Crippen LogP contribution in [-0.2, 0) is 16.1 Å². The number of esters is 1. The second-order valence-corrected chi connectivity index (χ2v) is 5.37. The maximum Gasteiger partial charge on any atom is 0.331 e. The van der Waals surface area contributed by atoms with Crippen molar-refractivity contribution in [3.63, 3.8) is 0 Å². The van der Waals surface area contributed by atoms with Gasteiger partial charge in [0.2, 0.25) is 0 Å². The molecule has 0 aliphatic rings. The molecule has 0 unspecified atom stereocenters. The molecule has 0 atom stereocenters. The fraction of sp³-hybridized carbons (Fsp3) is 0.0500. The number of hydrogen-bond acceptors (Lipinski definition) is 4. The van der Waals surface area contributed by atoms with Crippen LogP contribution in [0.5, 0.6) is 11.5 Å². The first-order valence-electron chi connectivity index (χ1n) is 7.46. The highest BCUT2D eigenvalue weighted by atomic mass is 16.5. The van der Waals surface area contributed by atoms with E-state index in [2.05, 4.69) is 0 Å². The quantitative estimate of drug-likeness (QED) is 0.433. The third-order valence-corrected chi connectivity index (χ3v) is 3.61. The number of hydrogen-bond donors (Lipinski definition) is 2. The number of carbonyl (C=O) groups excluding carboxylic acids is 1. The van der Waals surface area contributed by atoms with Gasteiger partial charge in [-0.3, -0.25) is 0 Å². The number of phenols is 2. The number of aromatic hydroxyl groups is 2. The smallest absolute Gasteiger partial charge is 0.331 e. The standard InChI is InChI=1S/C20H16O4/c21-18-9-6-14(12-19(18)22)7-10-20(23)24-13-15-5-8-16-3-1-2-4-17(16)11-15/h1-12,21-22H,13H2. The molecule has 0 aliphatic carbocycles. The molecule has 0 spiro atoms. The summed E-state index contributed by atoms with van der Waals surface area (Å²) in [5.74, 6) is -0.913. The van der Waals surface area contributed by atoms with E-state index in [1.54, 1.807) is 6.07 Å². The molecule has 2 N–H and O–H groups in total. The zero-order valence-electron chi connectivity index (χ0n) is 12.8. The molecule has 0 bridgehead atoms. The van der Waals surface area contributed by atoms with Crippen molar-refractivity contribution in [2.45, 2.75) is 6.61 Å². The van der Waals surface area contributed by atoms with Gasteiger partial charge in [0.05, 0.1) is 0 Å². The molecule has 0 fully saturated rings. The van der Waals surface area contributed by atoms with E-state index in [4.69, 9.17) is 4.74 Å². The second-order valence-electron chi connectivity index (χ2n) is 5.37. The lowest BCUT2D eigenvalue weighted by molar-refractivity contribution is -0.138. The van der Waals surface area contributed by atoms with Crippen molar-refractivity contribution in [3.05, 3.63) is 77.9 Å². The van der Waals surface area contributed by atoms with Crippen molar-refractivity contribution in [2.75, 3.05) is 0 Å². The number of benzene rings is 3. The van der Waals surface area contributed by atoms with E-state index in [0.717, 1.165) is 16.3 Å². The fourth-order valence-corrected chi connectivity index (χ4v) is 2.34. The van der Waals surface area contributed by atoms with Gasteiger partial charge in [0, 0.05) is 6.08 Å². The first kappa shape index (κ1) is 15.6. The summed E-state index contributed by atoms with van der Waals surface area (Å²) in [5.41, 5.74) is 1.51. The van der Waals surface area contributed by atoms with Gasteiger partial charge in [-0.2, -0.15) is 0 Å². The van der Waals surface area contributed by atoms with Gasteiger partial charge in [-0.15, -0.1) is 0 Å². The van der Waals surface area contributed by atoms with Gasteiger partial charge in [0.1, 0.15) is 6.61 Å². The minimum atomic E-state index is -0.476. The number of ether oxygens (including phenoxy) is 1. The minimum absolute atomic E-state index is 0.189. The highest BCUT2D eigenvalue weighted by Gasteiger charge is 2.02. The topological polar surface area (TPSA) is 66.8 Å². The van der Waals surface area contributed by atoms with Crippen LogP contribution in [0.25, 0.3) is 16.8 Å². The van der Waals surface area contributed by atoms with Gasteiger partial charge >= 0.3 is 5.97 Å². The Balaban J connectivity index is 1.61. The maximum absolute atomic E-state index is 11.8. The van der Waals surface area contributed by atoms with Gasteiger partial charge in [0.15, 0.2) is 11.5 Å². The molecule has 0 saturated heterocycles. The highest BCUT2D eigenvalue weighted by molar-refractivity contribution is 5.87. The summed E-state index contributed by atoms with van der Waals surface area (Å²) < 4.78 is 5.22. The molecule has 4 heteroatoms. The summed E-state index contributed by atoms with van der Waals surface area (Å²) in [6.45, 7) is 0.189. The molecule has 0 saturated carbocycles. The Morgan fingerprint density at radius 1 is 0.917 bits per heavy atom. The predicted octanol–water partition coefficient (Wildman–Crippen LogP) is 4.01. The number of carbonyl (C=O) groups is 1. The van der Waals surface area contributed by atoms with E-state index in [-0.39, 0.29) is 18.1 Å². The van der Waals surface area contributed by atoms with Crippen LogP contribution in [0.3, 0.4) is 0 Å². The van der Waals surface area contributed by atoms with Crippen LogP contribution in [0.1, 0.15) is 11.1 Å². The molecule has 0 amide bonds. The molecule has 3 aromatic rings. The van der Waals surface area contributed by atoms with E-state index in [0.29, 0.717) is 5.56 Å². The van der Waals surface area contributed by atoms with Crippen LogP contribution < -0.4 is 0 Å². The normalized spacial score (nSPS) is 11.0. The zero-order valence-corrected chi connectivity index (χ0v) is 12.8. The Morgan fingerprint density at radius 3 is 2.50 bits per heavy atom. The van der Waals surface area contributed by atoms with Crippen molar-refractivity contribution in [1.29, 1.82) is 0 Å². The lowest BCUT2D eigenvalue weighted by Crippen LogP contribution is -2.00. The van der Waals surface area contributed by atoms with Crippen molar-refractivity contribution in [2.24, 2.45) is 0 Å². The number of rotatable bonds is 4. The van der Waals surface area contributed by atoms with E-state index in [1.807, 2.05) is 42.5 Å². The minimum Gasteiger partial charge on any atom is -0.504 e. The van der Waals surface area contributed by atoms with Gasteiger partial charge < -0.3 is 14.9 Å². The lowest BCUT2D eigenvalue weighted by Gasteiger charge is -2.04. The third kappa shape index (κ3) is 3.73. The van der Waals surface area contributed by atoms with E-state index in [1.165, 1.54) is 24.3 Å². The van der Waals surface area contributed by atoms with Crippen LogP contribution in [0.15, 0.2) is 66.7 Å². The zero-order chi connectivity index (χ0) is 16.9. The molecular formula is C20H16O4. The van der Waals surface area contributed by atoms with E-state index in [9.17, 15) is 15.0 Å². The van der Waals surface area contributed by atoms with Crippen LogP contribution in [0, 0.1) is 0 Å². The molecule has 0 radical (unpaired) electrons. The Bertz CT molecular complexity index is 912. The van der Waals surface area contributed by atoms with E-state index >= 15 is 0 Å². The fourth-order valence-electron chi connectivity index (χ4n) is 2.34. The molecule has 120 valence electrons. The number of phenolic OH excluding ortho intramolecular Hbond substituents is 2. The van der Waals surface area contributed by atoms with Crippen molar-refractivity contribution < 1.29 is 19.7 Å². The van der Waals surface area contributed by atoms with Gasteiger partial charge in [-0.05, 0) is 46.2 Å². The first-order valence-corrected chi connectivity index (χ1v) is 7.46. The molecule has 3 aromatic carbocycles. The van der Waals surface area contributed by atoms with Gasteiger partial charge in [-0.1, -0.05) is 42.5 Å². The van der Waals surface area contributed by atoms with Crippen molar-refractivity contribution >= 4 is 22.8 Å². The summed E-state index contributed by atoms with van der Waals surface area (Å²) in [7, 11) is 0. The van der Waals surface area contributed by atoms with Gasteiger partial charge in [0.25, 0.3) is 0 Å². The molecule has 0 heterocycles. The molecular weight excluding hydrogens is 304 g/mol. The highest BCUT2D eigenvalue weighted by Crippen LogP contribution is 2.25. The van der Waals surface area contributed by atoms with Gasteiger partial charge in [-0.25, -0.2) is 4.79 Å². The molecule has 0 aromatic heterocycles. The Hall–Kier alpha value is -3.27. The molecule has 4 nitrogen and oxygen atoms in total. The number of fused-ring (bicyclic) bond motifs is 1. The molecule has 24 heavy (non-hydrogen) atoms.